The van der Waals surface area contributed by atoms with Crippen molar-refractivity contribution in [3.05, 3.63) is 0 Å². The number of hydrogen-bond donors (Lipinski definition) is 2. The van der Waals surface area contributed by atoms with Crippen LogP contribution in [0.25, 0.3) is 0 Å². The van der Waals surface area contributed by atoms with Crippen LogP contribution in [0.1, 0.15) is 26.7 Å². The molecule has 3 heteroatoms. The highest BCUT2D eigenvalue weighted by Crippen LogP contribution is 2.40. The van der Waals surface area contributed by atoms with Crippen LogP contribution in [0.5, 0.6) is 0 Å². The summed E-state index contributed by atoms with van der Waals surface area (Å²) >= 11 is 0. The zero-order chi connectivity index (χ0) is 8.65. The van der Waals surface area contributed by atoms with Gasteiger partial charge in [0, 0.05) is 0 Å². The van der Waals surface area contributed by atoms with Gasteiger partial charge in [-0.25, -0.2) is 0 Å². The Morgan fingerprint density at radius 1 is 1.45 bits per heavy atom. The summed E-state index contributed by atoms with van der Waals surface area (Å²) in [5.41, 5.74) is -0.0114. The standard InChI is InChI=1S/C8H14O3/c1-8(2)3-5(7(10)11)6(9)4-8/h5-6,9H,3-4H2,1-2H3,(H,10,11). The van der Waals surface area contributed by atoms with Crippen molar-refractivity contribution in [2.75, 3.05) is 0 Å². The number of aliphatic carboxylic acids is 1. The molecule has 0 aliphatic heterocycles. The van der Waals surface area contributed by atoms with Gasteiger partial charge in [-0.15, -0.1) is 0 Å². The fraction of sp³-hybridized carbons (Fsp3) is 0.875. The van der Waals surface area contributed by atoms with E-state index in [0.29, 0.717) is 12.8 Å². The van der Waals surface area contributed by atoms with E-state index >= 15 is 0 Å². The summed E-state index contributed by atoms with van der Waals surface area (Å²) in [5.74, 6) is -1.42. The first-order valence-electron chi connectivity index (χ1n) is 3.83. The van der Waals surface area contributed by atoms with E-state index < -0.39 is 18.0 Å². The third-order valence-corrected chi connectivity index (χ3v) is 2.32. The molecule has 1 rings (SSSR count). The summed E-state index contributed by atoms with van der Waals surface area (Å²) < 4.78 is 0. The fourth-order valence-electron chi connectivity index (χ4n) is 1.78. The van der Waals surface area contributed by atoms with Crippen molar-refractivity contribution in [2.24, 2.45) is 11.3 Å². The van der Waals surface area contributed by atoms with E-state index in [-0.39, 0.29) is 5.41 Å². The topological polar surface area (TPSA) is 57.5 Å². The molecule has 1 fully saturated rings. The predicted octanol–water partition coefficient (Wildman–Crippen LogP) is 0.868. The smallest absolute Gasteiger partial charge is 0.309 e. The SMILES string of the molecule is CC1(C)CC(O)C(C(=O)O)C1. The summed E-state index contributed by atoms with van der Waals surface area (Å²) in [7, 11) is 0. The van der Waals surface area contributed by atoms with Crippen LogP contribution in [-0.2, 0) is 4.79 Å². The van der Waals surface area contributed by atoms with Gasteiger partial charge < -0.3 is 10.2 Å². The Morgan fingerprint density at radius 2 is 2.00 bits per heavy atom. The maximum Gasteiger partial charge on any atom is 0.309 e. The number of rotatable bonds is 1. The zero-order valence-electron chi connectivity index (χ0n) is 6.87. The molecule has 1 saturated carbocycles. The predicted molar refractivity (Wildman–Crippen MR) is 40.1 cm³/mol. The summed E-state index contributed by atoms with van der Waals surface area (Å²) in [5, 5.41) is 18.0. The summed E-state index contributed by atoms with van der Waals surface area (Å²) in [6.45, 7) is 3.97. The largest absolute Gasteiger partial charge is 0.481 e. The van der Waals surface area contributed by atoms with Gasteiger partial charge in [0.15, 0.2) is 0 Å². The fourth-order valence-corrected chi connectivity index (χ4v) is 1.78. The van der Waals surface area contributed by atoms with Crippen LogP contribution >= 0.6 is 0 Å². The molecular formula is C8H14O3. The van der Waals surface area contributed by atoms with Gasteiger partial charge in [-0.05, 0) is 18.3 Å². The second-order valence-electron chi connectivity index (χ2n) is 4.08. The molecule has 1 aliphatic rings. The van der Waals surface area contributed by atoms with Crippen molar-refractivity contribution in [1.82, 2.24) is 0 Å². The number of carboxylic acids is 1. The van der Waals surface area contributed by atoms with Gasteiger partial charge in [-0.2, -0.15) is 0 Å². The van der Waals surface area contributed by atoms with Crippen LogP contribution in [0.3, 0.4) is 0 Å². The summed E-state index contributed by atoms with van der Waals surface area (Å²) in [4.78, 5) is 10.5. The normalized spacial score (nSPS) is 35.5. The van der Waals surface area contributed by atoms with Crippen LogP contribution < -0.4 is 0 Å². The molecule has 11 heavy (non-hydrogen) atoms. The lowest BCUT2D eigenvalue weighted by Gasteiger charge is -2.14. The minimum Gasteiger partial charge on any atom is -0.481 e. The average molecular weight is 158 g/mol. The average Bonchev–Trinajstić information content (AvgIpc) is 2.05. The van der Waals surface area contributed by atoms with E-state index in [1.54, 1.807) is 0 Å². The summed E-state index contributed by atoms with van der Waals surface area (Å²) in [6, 6.07) is 0. The Kier molecular flexibility index (Phi) is 1.92. The molecule has 0 heterocycles. The molecule has 64 valence electrons. The third kappa shape index (κ3) is 1.71. The Morgan fingerprint density at radius 3 is 2.18 bits per heavy atom. The van der Waals surface area contributed by atoms with Gasteiger partial charge >= 0.3 is 5.97 Å². The molecule has 0 amide bonds. The highest BCUT2D eigenvalue weighted by atomic mass is 16.4. The van der Waals surface area contributed by atoms with Crippen molar-refractivity contribution >= 4 is 5.97 Å². The number of carbonyl (C=O) groups is 1. The molecule has 2 atom stereocenters. The monoisotopic (exact) mass is 158 g/mol. The Balaban J connectivity index is 2.66. The molecule has 0 saturated heterocycles. The molecular weight excluding hydrogens is 144 g/mol. The van der Waals surface area contributed by atoms with Gasteiger partial charge in [0.2, 0.25) is 0 Å². The molecule has 1 aliphatic carbocycles. The Bertz CT molecular complexity index is 174. The van der Waals surface area contributed by atoms with Crippen molar-refractivity contribution in [1.29, 1.82) is 0 Å². The van der Waals surface area contributed by atoms with Crippen LogP contribution in [0.2, 0.25) is 0 Å². The highest BCUT2D eigenvalue weighted by Gasteiger charge is 2.41. The van der Waals surface area contributed by atoms with E-state index in [1.165, 1.54) is 0 Å². The first kappa shape index (κ1) is 8.53. The molecule has 0 radical (unpaired) electrons. The Labute approximate surface area is 66.0 Å². The Hall–Kier alpha value is -0.570. The van der Waals surface area contributed by atoms with Gasteiger partial charge in [0.05, 0.1) is 12.0 Å². The molecule has 0 aromatic carbocycles. The molecule has 2 N–H and O–H groups in total. The van der Waals surface area contributed by atoms with Crippen LogP contribution in [0.15, 0.2) is 0 Å². The van der Waals surface area contributed by atoms with E-state index in [4.69, 9.17) is 5.11 Å². The minimum absolute atomic E-state index is 0.0114. The first-order chi connectivity index (χ1) is 4.92. The van der Waals surface area contributed by atoms with Crippen LogP contribution in [0.4, 0.5) is 0 Å². The maximum absolute atomic E-state index is 10.5. The van der Waals surface area contributed by atoms with Crippen molar-refractivity contribution in [2.45, 2.75) is 32.8 Å². The lowest BCUT2D eigenvalue weighted by atomic mass is 9.91. The zero-order valence-corrected chi connectivity index (χ0v) is 6.87. The molecule has 2 unspecified atom stereocenters. The molecule has 0 bridgehead atoms. The number of aliphatic hydroxyl groups excluding tert-OH is 1. The second kappa shape index (κ2) is 2.48. The van der Waals surface area contributed by atoms with Crippen molar-refractivity contribution in [3.8, 4) is 0 Å². The summed E-state index contributed by atoms with van der Waals surface area (Å²) in [6.07, 6.45) is 0.537. The van der Waals surface area contributed by atoms with Gasteiger partial charge in [0.1, 0.15) is 0 Å². The van der Waals surface area contributed by atoms with E-state index in [9.17, 15) is 9.90 Å². The van der Waals surface area contributed by atoms with Gasteiger partial charge in [-0.3, -0.25) is 4.79 Å². The van der Waals surface area contributed by atoms with Gasteiger partial charge in [-0.1, -0.05) is 13.8 Å². The van der Waals surface area contributed by atoms with Crippen LogP contribution in [-0.4, -0.2) is 22.3 Å². The maximum atomic E-state index is 10.5. The van der Waals surface area contributed by atoms with Crippen LogP contribution in [0, 0.1) is 11.3 Å². The van der Waals surface area contributed by atoms with E-state index in [0.717, 1.165) is 0 Å². The van der Waals surface area contributed by atoms with E-state index in [2.05, 4.69) is 0 Å². The minimum atomic E-state index is -0.872. The molecule has 3 nitrogen and oxygen atoms in total. The van der Waals surface area contributed by atoms with Gasteiger partial charge in [0.25, 0.3) is 0 Å². The number of aliphatic hydroxyl groups is 1. The third-order valence-electron chi connectivity index (χ3n) is 2.32. The lowest BCUT2D eigenvalue weighted by molar-refractivity contribution is -0.144. The molecule has 0 aromatic heterocycles. The molecule has 0 spiro atoms. The molecule has 0 aromatic rings. The second-order valence-corrected chi connectivity index (χ2v) is 4.08. The quantitative estimate of drug-likeness (QED) is 0.595. The number of carboxylic acid groups (broad SMARTS) is 1. The van der Waals surface area contributed by atoms with Crippen molar-refractivity contribution < 1.29 is 15.0 Å². The first-order valence-corrected chi connectivity index (χ1v) is 3.83. The highest BCUT2D eigenvalue weighted by molar-refractivity contribution is 5.71. The lowest BCUT2D eigenvalue weighted by Crippen LogP contribution is -2.21. The number of hydrogen-bond acceptors (Lipinski definition) is 2. The van der Waals surface area contributed by atoms with E-state index in [1.807, 2.05) is 13.8 Å². The van der Waals surface area contributed by atoms with Crippen molar-refractivity contribution in [3.63, 3.8) is 0 Å².